The molecule has 1 rings (SSSR count). The van der Waals surface area contributed by atoms with E-state index in [2.05, 4.69) is 4.74 Å². The van der Waals surface area contributed by atoms with Crippen LogP contribution >= 0.6 is 0 Å². The summed E-state index contributed by atoms with van der Waals surface area (Å²) in [6.07, 6.45) is 2.86. The maximum absolute atomic E-state index is 11.1. The van der Waals surface area contributed by atoms with Crippen molar-refractivity contribution in [3.8, 4) is 0 Å². The summed E-state index contributed by atoms with van der Waals surface area (Å²) >= 11 is 0. The fourth-order valence-corrected chi connectivity index (χ4v) is 1.15. The van der Waals surface area contributed by atoms with Crippen molar-refractivity contribution in [1.29, 1.82) is 0 Å². The molecule has 0 saturated carbocycles. The Morgan fingerprint density at radius 2 is 2.38 bits per heavy atom. The Hall–Kier alpha value is -1.58. The van der Waals surface area contributed by atoms with E-state index < -0.39 is 0 Å². The van der Waals surface area contributed by atoms with Crippen LogP contribution < -0.4 is 0 Å². The standard InChI is InChI=1S/C9H11NO3/c1-10-6-7(3-4-11)5-8(10)9(12)13-2/h4-6H,3H2,1-2H3. The van der Waals surface area contributed by atoms with Crippen molar-refractivity contribution < 1.29 is 14.3 Å². The molecule has 0 bridgehead atoms. The van der Waals surface area contributed by atoms with Gasteiger partial charge >= 0.3 is 5.97 Å². The number of aryl methyl sites for hydroxylation is 1. The molecule has 4 heteroatoms. The van der Waals surface area contributed by atoms with E-state index in [0.717, 1.165) is 11.8 Å². The topological polar surface area (TPSA) is 48.3 Å². The number of nitrogens with zero attached hydrogens (tertiary/aromatic N) is 1. The van der Waals surface area contributed by atoms with Gasteiger partial charge in [-0.3, -0.25) is 0 Å². The number of aromatic nitrogens is 1. The molecular formula is C9H11NO3. The Bertz CT molecular complexity index is 328. The van der Waals surface area contributed by atoms with Gasteiger partial charge in [-0.05, 0) is 11.6 Å². The van der Waals surface area contributed by atoms with Crippen LogP contribution in [-0.4, -0.2) is 23.9 Å². The monoisotopic (exact) mass is 181 g/mol. The lowest BCUT2D eigenvalue weighted by Gasteiger charge is -1.98. The van der Waals surface area contributed by atoms with Crippen LogP contribution in [0.25, 0.3) is 0 Å². The van der Waals surface area contributed by atoms with Crippen LogP contribution in [0, 0.1) is 0 Å². The molecule has 0 unspecified atom stereocenters. The lowest BCUT2D eigenvalue weighted by atomic mass is 10.2. The number of methoxy groups -OCH3 is 1. The average Bonchev–Trinajstić information content (AvgIpc) is 2.46. The number of ether oxygens (including phenoxy) is 1. The Kier molecular flexibility index (Phi) is 2.84. The van der Waals surface area contributed by atoms with Gasteiger partial charge in [0.2, 0.25) is 0 Å². The van der Waals surface area contributed by atoms with Crippen LogP contribution in [0.2, 0.25) is 0 Å². The molecule has 0 saturated heterocycles. The summed E-state index contributed by atoms with van der Waals surface area (Å²) in [5.74, 6) is -0.389. The molecule has 0 aliphatic heterocycles. The normalized spacial score (nSPS) is 9.69. The maximum Gasteiger partial charge on any atom is 0.354 e. The van der Waals surface area contributed by atoms with Gasteiger partial charge < -0.3 is 14.1 Å². The van der Waals surface area contributed by atoms with Gasteiger partial charge in [0, 0.05) is 19.7 Å². The molecule has 0 atom stereocenters. The minimum atomic E-state index is -0.389. The van der Waals surface area contributed by atoms with Crippen LogP contribution in [0.1, 0.15) is 16.1 Å². The molecule has 1 heterocycles. The van der Waals surface area contributed by atoms with Crippen molar-refractivity contribution in [3.63, 3.8) is 0 Å². The summed E-state index contributed by atoms with van der Waals surface area (Å²) in [5.41, 5.74) is 1.28. The first kappa shape index (κ1) is 9.51. The molecule has 0 amide bonds. The highest BCUT2D eigenvalue weighted by Gasteiger charge is 2.10. The Morgan fingerprint density at radius 1 is 1.69 bits per heavy atom. The zero-order valence-electron chi connectivity index (χ0n) is 7.61. The molecule has 4 nitrogen and oxygen atoms in total. The van der Waals surface area contributed by atoms with Crippen molar-refractivity contribution in [2.45, 2.75) is 6.42 Å². The summed E-state index contributed by atoms with van der Waals surface area (Å²) in [7, 11) is 3.06. The van der Waals surface area contributed by atoms with Crippen LogP contribution in [0.15, 0.2) is 12.3 Å². The van der Waals surface area contributed by atoms with Crippen molar-refractivity contribution in [2.75, 3.05) is 7.11 Å². The lowest BCUT2D eigenvalue weighted by Crippen LogP contribution is -2.06. The van der Waals surface area contributed by atoms with E-state index >= 15 is 0 Å². The minimum absolute atomic E-state index is 0.324. The van der Waals surface area contributed by atoms with Gasteiger partial charge in [0.1, 0.15) is 12.0 Å². The minimum Gasteiger partial charge on any atom is -0.464 e. The molecule has 0 radical (unpaired) electrons. The second-order valence-electron chi connectivity index (χ2n) is 2.71. The van der Waals surface area contributed by atoms with Crippen LogP contribution in [0.3, 0.4) is 0 Å². The summed E-state index contributed by atoms with van der Waals surface area (Å²) in [6, 6.07) is 1.65. The third-order valence-electron chi connectivity index (χ3n) is 1.78. The summed E-state index contributed by atoms with van der Waals surface area (Å²) in [4.78, 5) is 21.3. The second-order valence-corrected chi connectivity index (χ2v) is 2.71. The second kappa shape index (κ2) is 3.89. The number of esters is 1. The van der Waals surface area contributed by atoms with Gasteiger partial charge in [-0.15, -0.1) is 0 Å². The fraction of sp³-hybridized carbons (Fsp3) is 0.333. The molecule has 0 aromatic carbocycles. The number of carbonyl (C=O) groups is 2. The Labute approximate surface area is 76.1 Å². The van der Waals surface area contributed by atoms with E-state index in [0.29, 0.717) is 12.1 Å². The Balaban J connectivity index is 2.95. The van der Waals surface area contributed by atoms with Crippen molar-refractivity contribution in [3.05, 3.63) is 23.5 Å². The molecule has 0 aliphatic carbocycles. The number of hydrogen-bond acceptors (Lipinski definition) is 3. The molecule has 0 spiro atoms. The number of hydrogen-bond donors (Lipinski definition) is 0. The predicted octanol–water partition coefficient (Wildman–Crippen LogP) is 0.553. The van der Waals surface area contributed by atoms with E-state index in [1.807, 2.05) is 0 Å². The predicted molar refractivity (Wildman–Crippen MR) is 46.5 cm³/mol. The Morgan fingerprint density at radius 3 is 2.92 bits per heavy atom. The third kappa shape index (κ3) is 1.96. The average molecular weight is 181 g/mol. The zero-order valence-corrected chi connectivity index (χ0v) is 7.61. The molecule has 70 valence electrons. The van der Waals surface area contributed by atoms with Gasteiger partial charge in [-0.1, -0.05) is 0 Å². The van der Waals surface area contributed by atoms with E-state index in [1.54, 1.807) is 23.9 Å². The summed E-state index contributed by atoms with van der Waals surface area (Å²) < 4.78 is 6.20. The molecular weight excluding hydrogens is 170 g/mol. The molecule has 13 heavy (non-hydrogen) atoms. The van der Waals surface area contributed by atoms with Gasteiger partial charge in [-0.25, -0.2) is 4.79 Å². The third-order valence-corrected chi connectivity index (χ3v) is 1.78. The lowest BCUT2D eigenvalue weighted by molar-refractivity contribution is -0.107. The molecule has 0 aliphatic rings. The first-order valence-electron chi connectivity index (χ1n) is 3.86. The smallest absolute Gasteiger partial charge is 0.354 e. The number of rotatable bonds is 3. The highest BCUT2D eigenvalue weighted by atomic mass is 16.5. The number of aldehydes is 1. The fourth-order valence-electron chi connectivity index (χ4n) is 1.15. The van der Waals surface area contributed by atoms with Crippen molar-refractivity contribution >= 4 is 12.3 Å². The van der Waals surface area contributed by atoms with Crippen molar-refractivity contribution in [1.82, 2.24) is 4.57 Å². The van der Waals surface area contributed by atoms with Gasteiger partial charge in [-0.2, -0.15) is 0 Å². The van der Waals surface area contributed by atoms with E-state index in [-0.39, 0.29) is 5.97 Å². The van der Waals surface area contributed by atoms with Crippen LogP contribution in [0.4, 0.5) is 0 Å². The van der Waals surface area contributed by atoms with Crippen LogP contribution in [0.5, 0.6) is 0 Å². The molecule has 1 aromatic heterocycles. The highest BCUT2D eigenvalue weighted by Crippen LogP contribution is 2.08. The van der Waals surface area contributed by atoms with Crippen molar-refractivity contribution in [2.24, 2.45) is 7.05 Å². The van der Waals surface area contributed by atoms with Gasteiger partial charge in [0.25, 0.3) is 0 Å². The molecule has 1 aromatic rings. The SMILES string of the molecule is COC(=O)c1cc(CC=O)cn1C. The van der Waals surface area contributed by atoms with Crippen LogP contribution in [-0.2, 0) is 23.0 Å². The molecule has 0 N–H and O–H groups in total. The summed E-state index contributed by atoms with van der Waals surface area (Å²) in [5, 5.41) is 0. The van der Waals surface area contributed by atoms with E-state index in [9.17, 15) is 9.59 Å². The summed E-state index contributed by atoms with van der Waals surface area (Å²) in [6.45, 7) is 0. The number of carbonyl (C=O) groups excluding carboxylic acids is 2. The highest BCUT2D eigenvalue weighted by molar-refractivity contribution is 5.88. The first-order chi connectivity index (χ1) is 6.19. The quantitative estimate of drug-likeness (QED) is 0.505. The van der Waals surface area contributed by atoms with Gasteiger partial charge in [0.05, 0.1) is 7.11 Å². The zero-order chi connectivity index (χ0) is 9.84. The molecule has 0 fully saturated rings. The largest absolute Gasteiger partial charge is 0.464 e. The van der Waals surface area contributed by atoms with E-state index in [4.69, 9.17) is 0 Å². The first-order valence-corrected chi connectivity index (χ1v) is 3.86. The maximum atomic E-state index is 11.1. The van der Waals surface area contributed by atoms with E-state index in [1.165, 1.54) is 7.11 Å². The van der Waals surface area contributed by atoms with Gasteiger partial charge in [0.15, 0.2) is 0 Å².